The molecule has 0 aliphatic heterocycles. The van der Waals surface area contributed by atoms with E-state index in [9.17, 15) is 4.39 Å². The molecule has 0 saturated carbocycles. The fraction of sp³-hybridized carbons (Fsp3) is 0.278. The van der Waals surface area contributed by atoms with E-state index in [4.69, 9.17) is 9.47 Å². The number of rotatable bonds is 7. The lowest BCUT2D eigenvalue weighted by molar-refractivity contribution is -0.145. The Balaban J connectivity index is 2.09. The fourth-order valence-corrected chi connectivity index (χ4v) is 2.38. The van der Waals surface area contributed by atoms with Crippen molar-refractivity contribution in [2.75, 3.05) is 13.2 Å². The number of halogens is 1. The van der Waals surface area contributed by atoms with E-state index in [0.29, 0.717) is 30.5 Å². The first kappa shape index (κ1) is 17.2. The molecule has 6 nitrogen and oxygen atoms in total. The second-order valence-electron chi connectivity index (χ2n) is 5.16. The number of benzene rings is 1. The van der Waals surface area contributed by atoms with Crippen LogP contribution in [-0.2, 0) is 9.47 Å². The minimum atomic E-state index is -0.655. The van der Waals surface area contributed by atoms with Crippen LogP contribution in [0.25, 0.3) is 17.1 Å². The third-order valence-corrected chi connectivity index (χ3v) is 3.48. The normalized spacial score (nSPS) is 11.2. The molecule has 0 aliphatic carbocycles. The molecule has 2 heterocycles. The van der Waals surface area contributed by atoms with Gasteiger partial charge in [0.15, 0.2) is 5.82 Å². The lowest BCUT2D eigenvalue weighted by atomic mass is 10.2. The first-order valence-corrected chi connectivity index (χ1v) is 8.09. The zero-order chi connectivity index (χ0) is 17.6. The topological polar surface area (TPSA) is 62.1 Å². The highest BCUT2D eigenvalue weighted by Crippen LogP contribution is 2.24. The molecule has 25 heavy (non-hydrogen) atoms. The molecule has 0 spiro atoms. The molecule has 0 atom stereocenters. The third-order valence-electron chi connectivity index (χ3n) is 3.48. The molecule has 130 valence electrons. The van der Waals surface area contributed by atoms with Gasteiger partial charge in [-0.1, -0.05) is 0 Å². The van der Waals surface area contributed by atoms with Gasteiger partial charge in [0.2, 0.25) is 12.1 Å². The van der Waals surface area contributed by atoms with Crippen LogP contribution < -0.4 is 0 Å². The first-order valence-electron chi connectivity index (χ1n) is 8.09. The van der Waals surface area contributed by atoms with Crippen LogP contribution in [0.3, 0.4) is 0 Å². The van der Waals surface area contributed by atoms with Gasteiger partial charge in [-0.2, -0.15) is 0 Å². The zero-order valence-corrected chi connectivity index (χ0v) is 14.1. The highest BCUT2D eigenvalue weighted by molar-refractivity contribution is 5.57. The molecule has 0 radical (unpaired) electrons. The molecule has 0 unspecified atom stereocenters. The Labute approximate surface area is 145 Å². The molecule has 0 aliphatic rings. The van der Waals surface area contributed by atoms with Crippen LogP contribution in [0.4, 0.5) is 4.39 Å². The molecule has 1 aromatic carbocycles. The third kappa shape index (κ3) is 3.89. The summed E-state index contributed by atoms with van der Waals surface area (Å²) in [6, 6.07) is 9.74. The van der Waals surface area contributed by atoms with Crippen LogP contribution >= 0.6 is 0 Å². The number of pyridine rings is 1. The highest BCUT2D eigenvalue weighted by atomic mass is 19.1. The predicted molar refractivity (Wildman–Crippen MR) is 90.5 cm³/mol. The van der Waals surface area contributed by atoms with Crippen LogP contribution in [0.5, 0.6) is 0 Å². The van der Waals surface area contributed by atoms with Crippen molar-refractivity contribution in [1.29, 1.82) is 0 Å². The van der Waals surface area contributed by atoms with Gasteiger partial charge in [0.25, 0.3) is 0 Å². The Hall–Kier alpha value is -2.64. The summed E-state index contributed by atoms with van der Waals surface area (Å²) in [6.45, 7) is 4.71. The Kier molecular flexibility index (Phi) is 5.47. The van der Waals surface area contributed by atoms with Crippen LogP contribution in [0.1, 0.15) is 26.0 Å². The molecule has 7 heteroatoms. The number of nitrogens with zero attached hydrogens (tertiary/aromatic N) is 4. The summed E-state index contributed by atoms with van der Waals surface area (Å²) < 4.78 is 26.1. The Morgan fingerprint density at radius 3 is 2.24 bits per heavy atom. The zero-order valence-electron chi connectivity index (χ0n) is 14.1. The highest BCUT2D eigenvalue weighted by Gasteiger charge is 2.21. The Bertz CT molecular complexity index is 800. The van der Waals surface area contributed by atoms with Crippen molar-refractivity contribution in [3.05, 3.63) is 60.4 Å². The van der Waals surface area contributed by atoms with Crippen molar-refractivity contribution in [3.63, 3.8) is 0 Å². The number of hydrogen-bond acceptors (Lipinski definition) is 5. The van der Waals surface area contributed by atoms with E-state index in [2.05, 4.69) is 15.1 Å². The van der Waals surface area contributed by atoms with Crippen LogP contribution in [0.15, 0.2) is 48.8 Å². The Morgan fingerprint density at radius 2 is 1.64 bits per heavy atom. The monoisotopic (exact) mass is 342 g/mol. The second-order valence-corrected chi connectivity index (χ2v) is 5.16. The van der Waals surface area contributed by atoms with E-state index >= 15 is 0 Å². The molecule has 3 rings (SSSR count). The standard InChI is InChI=1S/C18H19FN4O2/c1-3-24-18(25-4-2)16-21-17(13-9-11-20-12-10-13)23(22-16)15-7-5-14(19)6-8-15/h5-12,18H,3-4H2,1-2H3. The molecule has 2 aromatic heterocycles. The molecule has 0 amide bonds. The summed E-state index contributed by atoms with van der Waals surface area (Å²) in [5.41, 5.74) is 1.53. The number of ether oxygens (including phenoxy) is 2. The molecule has 0 bridgehead atoms. The van der Waals surface area contributed by atoms with Gasteiger partial charge in [0.05, 0.1) is 5.69 Å². The lowest BCUT2D eigenvalue weighted by Crippen LogP contribution is -2.11. The molecular formula is C18H19FN4O2. The van der Waals surface area contributed by atoms with Crippen molar-refractivity contribution in [2.24, 2.45) is 0 Å². The van der Waals surface area contributed by atoms with Gasteiger partial charge in [-0.15, -0.1) is 5.10 Å². The maximum Gasteiger partial charge on any atom is 0.221 e. The van der Waals surface area contributed by atoms with Crippen LogP contribution in [0, 0.1) is 5.82 Å². The lowest BCUT2D eigenvalue weighted by Gasteiger charge is -2.12. The number of hydrogen-bond donors (Lipinski definition) is 0. The van der Waals surface area contributed by atoms with E-state index in [1.807, 2.05) is 26.0 Å². The van der Waals surface area contributed by atoms with Crippen LogP contribution in [0.2, 0.25) is 0 Å². The van der Waals surface area contributed by atoms with Gasteiger partial charge >= 0.3 is 0 Å². The van der Waals surface area contributed by atoms with Gasteiger partial charge < -0.3 is 9.47 Å². The average Bonchev–Trinajstić information content (AvgIpc) is 3.08. The van der Waals surface area contributed by atoms with E-state index in [-0.39, 0.29) is 5.82 Å². The van der Waals surface area contributed by atoms with Crippen molar-refractivity contribution in [3.8, 4) is 17.1 Å². The molecular weight excluding hydrogens is 323 g/mol. The smallest absolute Gasteiger partial charge is 0.221 e. The number of aromatic nitrogens is 4. The van der Waals surface area contributed by atoms with Gasteiger partial charge in [-0.05, 0) is 50.2 Å². The van der Waals surface area contributed by atoms with Crippen molar-refractivity contribution in [1.82, 2.24) is 19.7 Å². The quantitative estimate of drug-likeness (QED) is 0.615. The summed E-state index contributed by atoms with van der Waals surface area (Å²) in [5, 5.41) is 4.54. The SMILES string of the molecule is CCOC(OCC)c1nc(-c2ccncc2)n(-c2ccc(F)cc2)n1. The van der Waals surface area contributed by atoms with Gasteiger partial charge in [-0.3, -0.25) is 4.98 Å². The summed E-state index contributed by atoms with van der Waals surface area (Å²) in [7, 11) is 0. The summed E-state index contributed by atoms with van der Waals surface area (Å²) in [6.07, 6.45) is 2.71. The molecule has 0 saturated heterocycles. The van der Waals surface area contributed by atoms with E-state index in [1.165, 1.54) is 12.1 Å². The summed E-state index contributed by atoms with van der Waals surface area (Å²) >= 11 is 0. The van der Waals surface area contributed by atoms with Gasteiger partial charge in [0.1, 0.15) is 5.82 Å². The van der Waals surface area contributed by atoms with Gasteiger partial charge in [0, 0.05) is 31.2 Å². The van der Waals surface area contributed by atoms with E-state index in [0.717, 1.165) is 5.56 Å². The summed E-state index contributed by atoms with van der Waals surface area (Å²) in [5.74, 6) is 0.712. The molecule has 0 N–H and O–H groups in total. The van der Waals surface area contributed by atoms with E-state index in [1.54, 1.807) is 29.2 Å². The van der Waals surface area contributed by atoms with Gasteiger partial charge in [-0.25, -0.2) is 14.1 Å². The van der Waals surface area contributed by atoms with Crippen molar-refractivity contribution in [2.45, 2.75) is 20.1 Å². The first-order chi connectivity index (χ1) is 12.2. The predicted octanol–water partition coefficient (Wildman–Crippen LogP) is 3.54. The van der Waals surface area contributed by atoms with Crippen molar-refractivity contribution >= 4 is 0 Å². The average molecular weight is 342 g/mol. The molecule has 3 aromatic rings. The largest absolute Gasteiger partial charge is 0.346 e. The Morgan fingerprint density at radius 1 is 1.00 bits per heavy atom. The minimum Gasteiger partial charge on any atom is -0.346 e. The maximum atomic E-state index is 13.3. The van der Waals surface area contributed by atoms with Crippen molar-refractivity contribution < 1.29 is 13.9 Å². The fourth-order valence-electron chi connectivity index (χ4n) is 2.38. The maximum absolute atomic E-state index is 13.3. The van der Waals surface area contributed by atoms with Crippen LogP contribution in [-0.4, -0.2) is 33.0 Å². The minimum absolute atomic E-state index is 0.309. The molecule has 0 fully saturated rings. The second kappa shape index (κ2) is 7.96. The van der Waals surface area contributed by atoms with E-state index < -0.39 is 6.29 Å². The summed E-state index contributed by atoms with van der Waals surface area (Å²) in [4.78, 5) is 8.63.